The first-order chi connectivity index (χ1) is 14.4. The number of aromatic nitrogens is 4. The number of hydrogen-bond acceptors (Lipinski definition) is 6. The Balaban J connectivity index is 1.65. The molecule has 8 nitrogen and oxygen atoms in total. The van der Waals surface area contributed by atoms with Crippen LogP contribution in [0.4, 0.5) is 5.69 Å². The second-order valence-corrected chi connectivity index (χ2v) is 7.98. The zero-order valence-corrected chi connectivity index (χ0v) is 18.5. The Morgan fingerprint density at radius 1 is 1.13 bits per heavy atom. The lowest BCUT2D eigenvalue weighted by molar-refractivity contribution is -0.113. The highest BCUT2D eigenvalue weighted by Gasteiger charge is 2.15. The molecule has 0 bridgehead atoms. The van der Waals surface area contributed by atoms with Crippen molar-refractivity contribution >= 4 is 52.5 Å². The monoisotopic (exact) mass is 464 g/mol. The molecule has 0 saturated carbocycles. The lowest BCUT2D eigenvalue weighted by Crippen LogP contribution is -2.22. The number of aryl methyl sites for hydroxylation is 1. The van der Waals surface area contributed by atoms with E-state index >= 15 is 0 Å². The third-order valence-corrected chi connectivity index (χ3v) is 5.48. The van der Waals surface area contributed by atoms with Crippen molar-refractivity contribution in [3.05, 3.63) is 57.6 Å². The highest BCUT2D eigenvalue weighted by molar-refractivity contribution is 7.99. The Morgan fingerprint density at radius 2 is 1.93 bits per heavy atom. The van der Waals surface area contributed by atoms with Crippen LogP contribution in [0.5, 0.6) is 0 Å². The van der Waals surface area contributed by atoms with Crippen molar-refractivity contribution in [1.82, 2.24) is 25.5 Å². The molecular weight excluding hydrogens is 447 g/mol. The van der Waals surface area contributed by atoms with Gasteiger partial charge in [-0.1, -0.05) is 41.0 Å². The van der Waals surface area contributed by atoms with E-state index in [1.54, 1.807) is 12.1 Å². The Hall–Kier alpha value is -2.62. The first-order valence-corrected chi connectivity index (χ1v) is 10.7. The number of carbonyl (C=O) groups excluding carboxylic acids is 2. The first kappa shape index (κ1) is 22.1. The fraction of sp³-hybridized carbons (Fsp3) is 0.211. The number of amides is 2. The fourth-order valence-corrected chi connectivity index (χ4v) is 3.77. The maximum Gasteiger partial charge on any atom is 0.251 e. The number of carbonyl (C=O) groups is 2. The Morgan fingerprint density at radius 3 is 2.63 bits per heavy atom. The number of hydrogen-bond donors (Lipinski definition) is 2. The minimum absolute atomic E-state index is 0.0538. The minimum Gasteiger partial charge on any atom is -0.352 e. The second kappa shape index (κ2) is 9.92. The molecular formula is C19H18Cl2N6O2S. The number of benzene rings is 2. The summed E-state index contributed by atoms with van der Waals surface area (Å²) >= 11 is 13.6. The van der Waals surface area contributed by atoms with E-state index < -0.39 is 0 Å². The molecule has 2 aromatic carbocycles. The van der Waals surface area contributed by atoms with Gasteiger partial charge in [0, 0.05) is 12.1 Å². The molecule has 3 aromatic rings. The molecule has 2 amide bonds. The van der Waals surface area contributed by atoms with Gasteiger partial charge < -0.3 is 10.6 Å². The summed E-state index contributed by atoms with van der Waals surface area (Å²) in [6.07, 6.45) is 0. The predicted octanol–water partition coefficient (Wildman–Crippen LogP) is 3.76. The minimum atomic E-state index is -0.294. The van der Waals surface area contributed by atoms with E-state index in [1.807, 2.05) is 32.0 Å². The molecule has 30 heavy (non-hydrogen) atoms. The molecule has 0 unspecified atom stereocenters. The SMILES string of the molecule is CCNC(=O)c1ccc(NC(=O)CSc2nnnn2-c2ccc(C)cc2Cl)c(Cl)c1. The first-order valence-electron chi connectivity index (χ1n) is 8.94. The zero-order valence-electron chi connectivity index (χ0n) is 16.1. The molecule has 2 N–H and O–H groups in total. The molecule has 0 atom stereocenters. The molecule has 1 heterocycles. The number of tetrazole rings is 1. The molecule has 0 saturated heterocycles. The maximum absolute atomic E-state index is 12.4. The van der Waals surface area contributed by atoms with Crippen LogP contribution in [0.3, 0.4) is 0 Å². The van der Waals surface area contributed by atoms with Crippen LogP contribution in [0.25, 0.3) is 5.69 Å². The van der Waals surface area contributed by atoms with E-state index in [-0.39, 0.29) is 22.6 Å². The third-order valence-electron chi connectivity index (χ3n) is 3.95. The molecule has 0 aliphatic rings. The van der Waals surface area contributed by atoms with Gasteiger partial charge in [0.25, 0.3) is 5.91 Å². The Labute approximate surface area is 187 Å². The molecule has 1 aromatic heterocycles. The standard InChI is InChI=1S/C19H18Cl2N6O2S/c1-3-22-18(29)12-5-6-15(13(20)9-12)23-17(28)10-30-19-24-25-26-27(19)16-7-4-11(2)8-14(16)21/h4-9H,3,10H2,1-2H3,(H,22,29)(H,23,28). The Bertz CT molecular complexity index is 1090. The molecule has 0 fully saturated rings. The second-order valence-electron chi connectivity index (χ2n) is 6.22. The average Bonchev–Trinajstić information content (AvgIpc) is 3.16. The number of nitrogens with one attached hydrogen (secondary N) is 2. The van der Waals surface area contributed by atoms with Crippen LogP contribution in [-0.4, -0.2) is 44.3 Å². The summed E-state index contributed by atoms with van der Waals surface area (Å²) < 4.78 is 1.48. The van der Waals surface area contributed by atoms with E-state index in [0.29, 0.717) is 33.7 Å². The summed E-state index contributed by atoms with van der Waals surface area (Å²) in [4.78, 5) is 24.2. The lowest BCUT2D eigenvalue weighted by atomic mass is 10.2. The number of anilines is 1. The van der Waals surface area contributed by atoms with Gasteiger partial charge in [0.1, 0.15) is 0 Å². The van der Waals surface area contributed by atoms with Crippen LogP contribution < -0.4 is 10.6 Å². The fourth-order valence-electron chi connectivity index (χ4n) is 2.54. The highest BCUT2D eigenvalue weighted by Crippen LogP contribution is 2.26. The van der Waals surface area contributed by atoms with Crippen LogP contribution in [0.2, 0.25) is 10.0 Å². The van der Waals surface area contributed by atoms with Crippen LogP contribution in [-0.2, 0) is 4.79 Å². The van der Waals surface area contributed by atoms with Gasteiger partial charge in [0.05, 0.1) is 27.2 Å². The van der Waals surface area contributed by atoms with Crippen molar-refractivity contribution in [3.63, 3.8) is 0 Å². The van der Waals surface area contributed by atoms with Gasteiger partial charge in [-0.2, -0.15) is 4.68 Å². The van der Waals surface area contributed by atoms with Gasteiger partial charge >= 0.3 is 0 Å². The number of thioether (sulfide) groups is 1. The van der Waals surface area contributed by atoms with Crippen molar-refractivity contribution in [2.45, 2.75) is 19.0 Å². The summed E-state index contributed by atoms with van der Waals surface area (Å²) in [6, 6.07) is 10.2. The van der Waals surface area contributed by atoms with E-state index in [4.69, 9.17) is 23.2 Å². The quantitative estimate of drug-likeness (QED) is 0.516. The van der Waals surface area contributed by atoms with Gasteiger partial charge in [-0.3, -0.25) is 9.59 Å². The van der Waals surface area contributed by atoms with E-state index in [0.717, 1.165) is 17.3 Å². The van der Waals surface area contributed by atoms with Crippen LogP contribution in [0, 0.1) is 6.92 Å². The molecule has 0 aliphatic carbocycles. The van der Waals surface area contributed by atoms with Crippen molar-refractivity contribution in [2.75, 3.05) is 17.6 Å². The summed E-state index contributed by atoms with van der Waals surface area (Å²) in [5.74, 6) is -0.468. The highest BCUT2D eigenvalue weighted by atomic mass is 35.5. The normalized spacial score (nSPS) is 10.7. The van der Waals surface area contributed by atoms with Gasteiger partial charge in [0.2, 0.25) is 11.1 Å². The van der Waals surface area contributed by atoms with Crippen LogP contribution in [0.15, 0.2) is 41.6 Å². The summed E-state index contributed by atoms with van der Waals surface area (Å²) in [6.45, 7) is 4.28. The van der Waals surface area contributed by atoms with E-state index in [9.17, 15) is 9.59 Å². The van der Waals surface area contributed by atoms with Gasteiger partial charge in [-0.25, -0.2) is 0 Å². The van der Waals surface area contributed by atoms with Crippen molar-refractivity contribution in [2.24, 2.45) is 0 Å². The van der Waals surface area contributed by atoms with Gasteiger partial charge in [-0.15, -0.1) is 5.10 Å². The molecule has 0 radical (unpaired) electrons. The van der Waals surface area contributed by atoms with Gasteiger partial charge in [-0.05, 0) is 60.2 Å². The predicted molar refractivity (Wildman–Crippen MR) is 118 cm³/mol. The van der Waals surface area contributed by atoms with Crippen molar-refractivity contribution < 1.29 is 9.59 Å². The summed E-state index contributed by atoms with van der Waals surface area (Å²) in [7, 11) is 0. The molecule has 3 rings (SSSR count). The molecule has 0 aliphatic heterocycles. The van der Waals surface area contributed by atoms with Crippen molar-refractivity contribution in [3.8, 4) is 5.69 Å². The summed E-state index contributed by atoms with van der Waals surface area (Å²) in [5.41, 5.74) is 2.47. The van der Waals surface area contributed by atoms with Gasteiger partial charge in [0.15, 0.2) is 0 Å². The molecule has 156 valence electrons. The number of nitrogens with zero attached hydrogens (tertiary/aromatic N) is 4. The molecule has 11 heteroatoms. The van der Waals surface area contributed by atoms with Crippen LogP contribution in [0.1, 0.15) is 22.8 Å². The number of halogens is 2. The topological polar surface area (TPSA) is 102 Å². The lowest BCUT2D eigenvalue weighted by Gasteiger charge is -2.09. The van der Waals surface area contributed by atoms with E-state index in [2.05, 4.69) is 26.2 Å². The largest absolute Gasteiger partial charge is 0.352 e. The van der Waals surface area contributed by atoms with E-state index in [1.165, 1.54) is 10.7 Å². The van der Waals surface area contributed by atoms with Crippen molar-refractivity contribution in [1.29, 1.82) is 0 Å². The molecule has 0 spiro atoms. The zero-order chi connectivity index (χ0) is 21.7. The van der Waals surface area contributed by atoms with Crippen LogP contribution >= 0.6 is 35.0 Å². The Kier molecular flexibility index (Phi) is 7.30. The summed E-state index contributed by atoms with van der Waals surface area (Å²) in [5, 5.41) is 18.2. The third kappa shape index (κ3) is 5.29. The number of rotatable bonds is 7. The smallest absolute Gasteiger partial charge is 0.251 e. The average molecular weight is 465 g/mol. The maximum atomic E-state index is 12.4.